The van der Waals surface area contributed by atoms with Gasteiger partial charge in [0.05, 0.1) is 29.4 Å². The smallest absolute Gasteiger partial charge is 0.328 e. The van der Waals surface area contributed by atoms with E-state index in [0.29, 0.717) is 34.2 Å². The fraction of sp³-hybridized carbons (Fsp3) is 0.667. The predicted molar refractivity (Wildman–Crippen MR) is 194 cm³/mol. The number of esters is 1. The normalized spacial score (nSPS) is 21.1. The van der Waals surface area contributed by atoms with Crippen molar-refractivity contribution >= 4 is 71.9 Å². The number of amides is 2. The molecule has 1 aromatic carbocycles. The highest BCUT2D eigenvalue weighted by Crippen LogP contribution is 2.44. The lowest BCUT2D eigenvalue weighted by Gasteiger charge is -2.37. The second kappa shape index (κ2) is 16.3. The molecular weight excluding hydrogens is 762 g/mol. The Morgan fingerprint density at radius 2 is 1.76 bits per heavy atom. The molecule has 46 heavy (non-hydrogen) atoms. The number of methoxy groups -OCH3 is 2. The summed E-state index contributed by atoms with van der Waals surface area (Å²) in [6, 6.07) is 1.45. The van der Waals surface area contributed by atoms with Crippen molar-refractivity contribution in [3.8, 4) is 5.75 Å². The minimum Gasteiger partial charge on any atom is -0.542 e. The summed E-state index contributed by atoms with van der Waals surface area (Å²) >= 11 is 15.5. The summed E-state index contributed by atoms with van der Waals surface area (Å²) in [4.78, 5) is 42.0. The maximum absolute atomic E-state index is 13.9. The highest BCUT2D eigenvalue weighted by molar-refractivity contribution is 14.1. The first-order valence-corrected chi connectivity index (χ1v) is 20.4. The first kappa shape index (κ1) is 40.8. The number of ether oxygens (including phenoxy) is 3. The van der Waals surface area contributed by atoms with Crippen LogP contribution in [0.4, 0.5) is 0 Å². The lowest BCUT2D eigenvalue weighted by atomic mass is 9.93. The van der Waals surface area contributed by atoms with E-state index in [1.807, 2.05) is 24.9 Å². The second-order valence-corrected chi connectivity index (χ2v) is 20.0. The molecule has 1 fully saturated rings. The van der Waals surface area contributed by atoms with Crippen molar-refractivity contribution < 1.29 is 33.0 Å². The van der Waals surface area contributed by atoms with Crippen molar-refractivity contribution in [2.75, 3.05) is 21.3 Å². The molecule has 13 heteroatoms. The summed E-state index contributed by atoms with van der Waals surface area (Å²) in [5, 5.41) is 3.40. The molecule has 260 valence electrons. The van der Waals surface area contributed by atoms with E-state index in [-0.39, 0.29) is 35.5 Å². The first-order valence-electron chi connectivity index (χ1n) is 15.5. The monoisotopic (exact) mass is 812 g/mol. The number of halogens is 3. The highest BCUT2D eigenvalue weighted by atomic mass is 127. The molecule has 0 unspecified atom stereocenters. The summed E-state index contributed by atoms with van der Waals surface area (Å²) < 4.78 is 24.9. The van der Waals surface area contributed by atoms with Gasteiger partial charge < -0.3 is 28.9 Å². The van der Waals surface area contributed by atoms with Crippen LogP contribution in [-0.4, -0.2) is 82.2 Å². The molecule has 2 amide bonds. The van der Waals surface area contributed by atoms with Crippen molar-refractivity contribution in [1.29, 1.82) is 0 Å². The fourth-order valence-electron chi connectivity index (χ4n) is 5.04. The van der Waals surface area contributed by atoms with Crippen molar-refractivity contribution in [3.05, 3.63) is 37.4 Å². The fourth-order valence-corrected chi connectivity index (χ4v) is 7.21. The van der Waals surface area contributed by atoms with Gasteiger partial charge in [0.1, 0.15) is 17.8 Å². The summed E-state index contributed by atoms with van der Waals surface area (Å²) in [5.74, 6) is -1.24. The summed E-state index contributed by atoms with van der Waals surface area (Å²) in [6.45, 7) is 18.1. The molecule has 1 aromatic rings. The van der Waals surface area contributed by atoms with E-state index in [0.717, 1.165) is 5.57 Å². The Morgan fingerprint density at radius 1 is 1.20 bits per heavy atom. The molecular formula is C33H51Cl2IN2O7Si. The Labute approximate surface area is 299 Å². The van der Waals surface area contributed by atoms with E-state index in [1.54, 1.807) is 33.2 Å². The molecule has 1 saturated heterocycles. The van der Waals surface area contributed by atoms with Crippen LogP contribution in [0.5, 0.6) is 5.75 Å². The van der Waals surface area contributed by atoms with Crippen molar-refractivity contribution in [3.63, 3.8) is 0 Å². The van der Waals surface area contributed by atoms with Crippen LogP contribution in [0.25, 0.3) is 0 Å². The van der Waals surface area contributed by atoms with Gasteiger partial charge in [0, 0.05) is 27.0 Å². The molecule has 9 nitrogen and oxygen atoms in total. The minimum absolute atomic E-state index is 0.0636. The second-order valence-electron chi connectivity index (χ2n) is 13.8. The standard InChI is InChI=1S/C33H51Cl2IN2O7Si/c1-13-19(2)27(38(8)31(41)33(7)26(44-33)17-25(42-9)20(3)18-36)29(39)37-24(30(40)43-10)16-21-14-22(34)28(23(35)15-21)45-46(11,12)32(4,5)6/h14-15,18-19,24-27H,13,16-17H2,1-12H3,(H,37,39)/b20-18+/t19-,24+,25+,26-,27-,33+/m0/s1. The van der Waals surface area contributed by atoms with Crippen LogP contribution in [0.2, 0.25) is 28.2 Å². The van der Waals surface area contributed by atoms with Crippen LogP contribution in [0.3, 0.4) is 0 Å². The number of benzene rings is 1. The number of carbonyl (C=O) groups is 3. The van der Waals surface area contributed by atoms with Crippen molar-refractivity contribution in [2.24, 2.45) is 5.92 Å². The van der Waals surface area contributed by atoms with Crippen LogP contribution < -0.4 is 9.74 Å². The molecule has 2 rings (SSSR count). The van der Waals surface area contributed by atoms with E-state index in [4.69, 9.17) is 41.8 Å². The zero-order valence-corrected chi connectivity index (χ0v) is 33.8. The van der Waals surface area contributed by atoms with Crippen LogP contribution in [0, 0.1) is 5.92 Å². The average Bonchev–Trinajstić information content (AvgIpc) is 3.65. The largest absolute Gasteiger partial charge is 0.542 e. The number of nitrogens with zero attached hydrogens (tertiary/aromatic N) is 1. The van der Waals surface area contributed by atoms with Gasteiger partial charge in [-0.2, -0.15) is 0 Å². The lowest BCUT2D eigenvalue weighted by molar-refractivity contribution is -0.148. The number of carbonyl (C=O) groups excluding carboxylic acids is 3. The Balaban J connectivity index is 2.30. The van der Waals surface area contributed by atoms with Gasteiger partial charge in [-0.05, 0) is 65.2 Å². The summed E-state index contributed by atoms with van der Waals surface area (Å²) in [7, 11) is 2.25. The molecule has 0 aromatic heterocycles. The van der Waals surface area contributed by atoms with Gasteiger partial charge in [0.15, 0.2) is 5.60 Å². The third-order valence-corrected chi connectivity index (χ3v) is 15.3. The maximum atomic E-state index is 13.9. The van der Waals surface area contributed by atoms with Crippen LogP contribution >= 0.6 is 45.8 Å². The number of epoxide rings is 1. The van der Waals surface area contributed by atoms with E-state index in [2.05, 4.69) is 61.8 Å². The van der Waals surface area contributed by atoms with Crippen molar-refractivity contribution in [2.45, 2.75) is 116 Å². The van der Waals surface area contributed by atoms with Gasteiger partial charge >= 0.3 is 5.97 Å². The molecule has 1 N–H and O–H groups in total. The van der Waals surface area contributed by atoms with Crippen LogP contribution in [0.1, 0.15) is 66.9 Å². The van der Waals surface area contributed by atoms with Gasteiger partial charge in [-0.3, -0.25) is 9.59 Å². The zero-order valence-electron chi connectivity index (χ0n) is 29.2. The topological polar surface area (TPSA) is 107 Å². The minimum atomic E-state index is -2.23. The summed E-state index contributed by atoms with van der Waals surface area (Å²) in [6.07, 6.45) is 0.638. The van der Waals surface area contributed by atoms with Crippen LogP contribution in [0.15, 0.2) is 21.8 Å². The van der Waals surface area contributed by atoms with Crippen molar-refractivity contribution in [1.82, 2.24) is 10.2 Å². The third kappa shape index (κ3) is 9.61. The Kier molecular flexibility index (Phi) is 14.5. The maximum Gasteiger partial charge on any atom is 0.328 e. The molecule has 1 aliphatic heterocycles. The molecule has 0 aliphatic carbocycles. The molecule has 0 spiro atoms. The summed E-state index contributed by atoms with van der Waals surface area (Å²) in [5.41, 5.74) is 0.558. The molecule has 0 bridgehead atoms. The van der Waals surface area contributed by atoms with E-state index < -0.39 is 37.9 Å². The van der Waals surface area contributed by atoms with Gasteiger partial charge in [0.2, 0.25) is 5.91 Å². The quantitative estimate of drug-likeness (QED) is 0.0855. The lowest BCUT2D eigenvalue weighted by Crippen LogP contribution is -2.57. The predicted octanol–water partition coefficient (Wildman–Crippen LogP) is 7.35. The van der Waals surface area contributed by atoms with Gasteiger partial charge in [0.25, 0.3) is 14.2 Å². The van der Waals surface area contributed by atoms with E-state index >= 15 is 0 Å². The number of hydrogen-bond donors (Lipinski definition) is 1. The van der Waals surface area contributed by atoms with Gasteiger partial charge in [-0.1, -0.05) is 86.8 Å². The number of nitrogens with one attached hydrogen (secondary N) is 1. The highest BCUT2D eigenvalue weighted by Gasteiger charge is 2.61. The van der Waals surface area contributed by atoms with Gasteiger partial charge in [-0.25, -0.2) is 4.79 Å². The molecule has 0 saturated carbocycles. The third-order valence-electron chi connectivity index (χ3n) is 9.41. The Hall–Kier alpha value is -1.38. The SMILES string of the molecule is CC[C@H](C)[C@@H](C(=O)N[C@H](Cc1cc(Cl)c(O[Si](C)(C)C(C)(C)C)c(Cl)c1)C(=O)OC)N(C)C(=O)[C@]1(C)O[C@H]1C[C@@H](OC)/C(C)=C/I. The zero-order chi connectivity index (χ0) is 35.4. The number of likely N-dealkylation sites (N-methyl/N-ethyl adjacent to an activating group) is 1. The molecule has 6 atom stereocenters. The molecule has 0 radical (unpaired) electrons. The molecule has 1 aliphatic rings. The van der Waals surface area contributed by atoms with E-state index in [9.17, 15) is 14.4 Å². The van der Waals surface area contributed by atoms with Crippen LogP contribution in [-0.2, 0) is 35.0 Å². The average molecular weight is 814 g/mol. The Morgan fingerprint density at radius 3 is 2.22 bits per heavy atom. The van der Waals surface area contributed by atoms with Gasteiger partial charge in [-0.15, -0.1) is 0 Å². The van der Waals surface area contributed by atoms with E-state index in [1.165, 1.54) is 12.0 Å². The Bertz CT molecular complexity index is 1280. The number of rotatable bonds is 15. The number of hydrogen-bond acceptors (Lipinski definition) is 7. The molecule has 1 heterocycles. The first-order chi connectivity index (χ1) is 21.2.